The van der Waals surface area contributed by atoms with Crippen LogP contribution in [0.5, 0.6) is 0 Å². The van der Waals surface area contributed by atoms with E-state index >= 15 is 0 Å². The van der Waals surface area contributed by atoms with Gasteiger partial charge in [0.1, 0.15) is 5.82 Å². The van der Waals surface area contributed by atoms with Crippen LogP contribution in [-0.4, -0.2) is 51.8 Å². The molecule has 1 aliphatic rings. The lowest BCUT2D eigenvalue weighted by atomic mass is 10.0. The number of piperazine rings is 1. The van der Waals surface area contributed by atoms with Crippen LogP contribution in [0.2, 0.25) is 5.02 Å². The van der Waals surface area contributed by atoms with Crippen molar-refractivity contribution in [1.29, 1.82) is 0 Å². The fraction of sp³-hybridized carbons (Fsp3) is 0.276. The third-order valence-electron chi connectivity index (χ3n) is 6.78. The summed E-state index contributed by atoms with van der Waals surface area (Å²) in [6, 6.07) is 23.4. The maximum atomic E-state index is 13.3. The first-order chi connectivity index (χ1) is 17.0. The number of rotatable bonds is 6. The first-order valence-corrected chi connectivity index (χ1v) is 12.5. The van der Waals surface area contributed by atoms with Crippen LogP contribution in [-0.2, 0) is 6.54 Å². The van der Waals surface area contributed by atoms with Gasteiger partial charge in [0.05, 0.1) is 17.6 Å². The van der Waals surface area contributed by atoms with Gasteiger partial charge in [0.15, 0.2) is 0 Å². The monoisotopic (exact) mass is 488 g/mol. The van der Waals surface area contributed by atoms with Gasteiger partial charge in [0, 0.05) is 54.9 Å². The topological polar surface area (TPSA) is 24.3 Å². The summed E-state index contributed by atoms with van der Waals surface area (Å²) in [5, 5.41) is 5.52. The van der Waals surface area contributed by atoms with Crippen LogP contribution in [0.1, 0.15) is 19.4 Å². The van der Waals surface area contributed by atoms with Crippen molar-refractivity contribution in [3.8, 4) is 28.1 Å². The Morgan fingerprint density at radius 2 is 1.37 bits per heavy atom. The summed E-state index contributed by atoms with van der Waals surface area (Å²) in [5.41, 5.74) is 6.38. The molecule has 0 unspecified atom stereocenters. The average molecular weight is 489 g/mol. The van der Waals surface area contributed by atoms with Gasteiger partial charge >= 0.3 is 0 Å². The van der Waals surface area contributed by atoms with Gasteiger partial charge in [-0.1, -0.05) is 48.0 Å². The molecule has 1 saturated heterocycles. The van der Waals surface area contributed by atoms with Crippen LogP contribution in [0, 0.1) is 5.82 Å². The molecule has 6 heteroatoms. The second-order valence-electron chi connectivity index (χ2n) is 9.40. The first-order valence-electron chi connectivity index (χ1n) is 12.1. The van der Waals surface area contributed by atoms with Gasteiger partial charge < -0.3 is 0 Å². The fourth-order valence-electron chi connectivity index (χ4n) is 4.73. The van der Waals surface area contributed by atoms with Crippen LogP contribution in [0.15, 0.2) is 79.0 Å². The Balaban J connectivity index is 1.45. The minimum absolute atomic E-state index is 0.229. The molecule has 1 aliphatic heterocycles. The SMILES string of the molecule is CC(C)N1CCN(Cc2cnn(-c3ccc(-c4ccc(F)cc4)cc3)c2-c2ccc(Cl)cc2)CC1. The van der Waals surface area contributed by atoms with E-state index in [0.717, 1.165) is 65.8 Å². The minimum atomic E-state index is -0.229. The number of hydrogen-bond acceptors (Lipinski definition) is 3. The molecule has 0 amide bonds. The van der Waals surface area contributed by atoms with Crippen LogP contribution in [0.4, 0.5) is 4.39 Å². The molecule has 2 heterocycles. The van der Waals surface area contributed by atoms with E-state index in [1.807, 2.05) is 23.0 Å². The lowest BCUT2D eigenvalue weighted by Gasteiger charge is -2.36. The van der Waals surface area contributed by atoms with Gasteiger partial charge in [-0.15, -0.1) is 0 Å². The maximum absolute atomic E-state index is 13.3. The molecular formula is C29H30ClFN4. The molecule has 3 aromatic carbocycles. The highest BCUT2D eigenvalue weighted by Crippen LogP contribution is 2.30. The summed E-state index contributed by atoms with van der Waals surface area (Å²) in [5.74, 6) is -0.229. The molecule has 0 radical (unpaired) electrons. The van der Waals surface area contributed by atoms with E-state index in [4.69, 9.17) is 16.7 Å². The number of hydrogen-bond donors (Lipinski definition) is 0. The van der Waals surface area contributed by atoms with E-state index in [1.54, 1.807) is 12.1 Å². The summed E-state index contributed by atoms with van der Waals surface area (Å²) in [6.45, 7) is 9.67. The Morgan fingerprint density at radius 1 is 0.800 bits per heavy atom. The van der Waals surface area contributed by atoms with Crippen molar-refractivity contribution in [3.05, 3.63) is 95.4 Å². The molecule has 0 atom stereocenters. The largest absolute Gasteiger partial charge is 0.298 e. The Hall–Kier alpha value is -2.99. The quantitative estimate of drug-likeness (QED) is 0.308. The highest BCUT2D eigenvalue weighted by molar-refractivity contribution is 6.30. The van der Waals surface area contributed by atoms with Crippen LogP contribution < -0.4 is 0 Å². The van der Waals surface area contributed by atoms with Crippen molar-refractivity contribution in [1.82, 2.24) is 19.6 Å². The second kappa shape index (κ2) is 10.3. The molecule has 0 saturated carbocycles. The fourth-order valence-corrected chi connectivity index (χ4v) is 4.85. The molecule has 0 spiro atoms. The average Bonchev–Trinajstić information content (AvgIpc) is 3.29. The van der Waals surface area contributed by atoms with Crippen molar-refractivity contribution < 1.29 is 4.39 Å². The van der Waals surface area contributed by atoms with Crippen molar-refractivity contribution in [3.63, 3.8) is 0 Å². The zero-order valence-corrected chi connectivity index (χ0v) is 20.9. The van der Waals surface area contributed by atoms with Crippen molar-refractivity contribution in [2.45, 2.75) is 26.4 Å². The highest BCUT2D eigenvalue weighted by Gasteiger charge is 2.22. The van der Waals surface area contributed by atoms with E-state index in [9.17, 15) is 4.39 Å². The van der Waals surface area contributed by atoms with E-state index in [2.05, 4.69) is 60.0 Å². The molecule has 180 valence electrons. The smallest absolute Gasteiger partial charge is 0.123 e. The van der Waals surface area contributed by atoms with E-state index < -0.39 is 0 Å². The predicted molar refractivity (Wildman–Crippen MR) is 141 cm³/mol. The Bertz CT molecular complexity index is 1260. The summed E-state index contributed by atoms with van der Waals surface area (Å²) < 4.78 is 15.3. The van der Waals surface area contributed by atoms with E-state index in [0.29, 0.717) is 6.04 Å². The lowest BCUT2D eigenvalue weighted by Crippen LogP contribution is -2.48. The molecule has 4 aromatic rings. The van der Waals surface area contributed by atoms with Crippen molar-refractivity contribution in [2.75, 3.05) is 26.2 Å². The molecule has 0 N–H and O–H groups in total. The number of nitrogens with zero attached hydrogens (tertiary/aromatic N) is 4. The van der Waals surface area contributed by atoms with Crippen molar-refractivity contribution in [2.24, 2.45) is 0 Å². The van der Waals surface area contributed by atoms with Crippen molar-refractivity contribution >= 4 is 11.6 Å². The minimum Gasteiger partial charge on any atom is -0.298 e. The predicted octanol–water partition coefficient (Wildman–Crippen LogP) is 6.52. The maximum Gasteiger partial charge on any atom is 0.123 e. The van der Waals surface area contributed by atoms with Gasteiger partial charge in [0.25, 0.3) is 0 Å². The molecule has 1 aromatic heterocycles. The zero-order chi connectivity index (χ0) is 24.4. The third-order valence-corrected chi connectivity index (χ3v) is 7.04. The molecule has 1 fully saturated rings. The van der Waals surface area contributed by atoms with Gasteiger partial charge in [-0.2, -0.15) is 5.10 Å². The summed E-state index contributed by atoms with van der Waals surface area (Å²) in [6.07, 6.45) is 1.99. The van der Waals surface area contributed by atoms with Gasteiger partial charge in [0.2, 0.25) is 0 Å². The summed E-state index contributed by atoms with van der Waals surface area (Å²) in [7, 11) is 0. The van der Waals surface area contributed by atoms with Gasteiger partial charge in [-0.3, -0.25) is 9.80 Å². The molecule has 0 bridgehead atoms. The van der Waals surface area contributed by atoms with Gasteiger partial charge in [-0.05, 0) is 61.4 Å². The summed E-state index contributed by atoms with van der Waals surface area (Å²) >= 11 is 6.19. The highest BCUT2D eigenvalue weighted by atomic mass is 35.5. The Morgan fingerprint density at radius 3 is 1.97 bits per heavy atom. The Labute approximate surface area is 211 Å². The van der Waals surface area contributed by atoms with E-state index in [-0.39, 0.29) is 5.82 Å². The van der Waals surface area contributed by atoms with Crippen LogP contribution in [0.3, 0.4) is 0 Å². The second-order valence-corrected chi connectivity index (χ2v) is 9.83. The number of benzene rings is 3. The standard InChI is InChI=1S/C29H30ClFN4/c1-21(2)34-17-15-33(16-18-34)20-25-19-32-35(29(25)24-3-9-26(30)10-4-24)28-13-7-23(8-14-28)22-5-11-27(31)12-6-22/h3-14,19,21H,15-18,20H2,1-2H3. The molecule has 0 aliphatic carbocycles. The van der Waals surface area contributed by atoms with Gasteiger partial charge in [-0.25, -0.2) is 9.07 Å². The number of halogens is 2. The number of aromatic nitrogens is 2. The first kappa shape index (κ1) is 23.7. The lowest BCUT2D eigenvalue weighted by molar-refractivity contribution is 0.104. The van der Waals surface area contributed by atoms with Crippen LogP contribution in [0.25, 0.3) is 28.1 Å². The molecule has 35 heavy (non-hydrogen) atoms. The molecule has 4 nitrogen and oxygen atoms in total. The third kappa shape index (κ3) is 5.32. The molecular weight excluding hydrogens is 459 g/mol. The van der Waals surface area contributed by atoms with E-state index in [1.165, 1.54) is 17.7 Å². The van der Waals surface area contributed by atoms with Crippen LogP contribution >= 0.6 is 11.6 Å². The summed E-state index contributed by atoms with van der Waals surface area (Å²) in [4.78, 5) is 5.04. The Kier molecular flexibility index (Phi) is 7.00. The normalized spacial score (nSPS) is 15.1. The zero-order valence-electron chi connectivity index (χ0n) is 20.2. The molecule has 5 rings (SSSR count).